The van der Waals surface area contributed by atoms with Gasteiger partial charge < -0.3 is 15.2 Å². The summed E-state index contributed by atoms with van der Waals surface area (Å²) in [4.78, 5) is 13.7. The van der Waals surface area contributed by atoms with Crippen LogP contribution in [-0.2, 0) is 17.8 Å². The molecule has 1 aliphatic heterocycles. The summed E-state index contributed by atoms with van der Waals surface area (Å²) in [6.45, 7) is 4.46. The predicted octanol–water partition coefficient (Wildman–Crippen LogP) is 3.40. The third-order valence-electron chi connectivity index (χ3n) is 4.91. The molecule has 0 bridgehead atoms. The number of thiophene rings is 1. The first-order chi connectivity index (χ1) is 12.2. The van der Waals surface area contributed by atoms with Crippen LogP contribution in [0.25, 0.3) is 10.9 Å². The van der Waals surface area contributed by atoms with E-state index in [4.69, 9.17) is 0 Å². The van der Waals surface area contributed by atoms with E-state index in [2.05, 4.69) is 64.0 Å². The van der Waals surface area contributed by atoms with Gasteiger partial charge in [0.25, 0.3) is 0 Å². The molecule has 1 aromatic carbocycles. The highest BCUT2D eigenvalue weighted by Crippen LogP contribution is 2.27. The molecule has 4 rings (SSSR count). The normalized spacial score (nSPS) is 16.8. The molecule has 3 heterocycles. The van der Waals surface area contributed by atoms with E-state index in [9.17, 15) is 4.79 Å². The third-order valence-corrected chi connectivity index (χ3v) is 5.90. The van der Waals surface area contributed by atoms with Gasteiger partial charge in [0.15, 0.2) is 0 Å². The Morgan fingerprint density at radius 2 is 2.28 bits per heavy atom. The quantitative estimate of drug-likeness (QED) is 0.738. The Bertz CT molecular complexity index is 895. The van der Waals surface area contributed by atoms with Gasteiger partial charge in [0, 0.05) is 42.6 Å². The maximum absolute atomic E-state index is 12.3. The zero-order valence-corrected chi connectivity index (χ0v) is 15.2. The molecule has 2 aromatic heterocycles. The summed E-state index contributed by atoms with van der Waals surface area (Å²) in [5.41, 5.74) is 3.80. The molecular formula is C20H23N3OS. The van der Waals surface area contributed by atoms with Gasteiger partial charge in [-0.15, -0.1) is 11.3 Å². The standard InChI is InChI=1S/C20H23N3OS/c1-14-2-3-18-15(12-14)5-9-23(18)10-6-20(24)22-13-17-16-7-11-25-19(16)4-8-21-17/h2-3,5,7,9,11-12,17,21H,4,6,8,10,13H2,1H3,(H,22,24). The number of benzene rings is 1. The number of aromatic nitrogens is 1. The minimum Gasteiger partial charge on any atom is -0.354 e. The fourth-order valence-electron chi connectivity index (χ4n) is 3.56. The van der Waals surface area contributed by atoms with Crippen molar-refractivity contribution in [2.24, 2.45) is 0 Å². The molecule has 3 aromatic rings. The van der Waals surface area contributed by atoms with E-state index in [1.807, 2.05) is 11.3 Å². The summed E-state index contributed by atoms with van der Waals surface area (Å²) < 4.78 is 2.16. The molecule has 0 saturated heterocycles. The van der Waals surface area contributed by atoms with E-state index in [1.165, 1.54) is 26.9 Å². The third kappa shape index (κ3) is 3.48. The second-order valence-corrected chi connectivity index (χ2v) is 7.68. The monoisotopic (exact) mass is 353 g/mol. The highest BCUT2D eigenvalue weighted by molar-refractivity contribution is 7.10. The fourth-order valence-corrected chi connectivity index (χ4v) is 4.50. The first-order valence-corrected chi connectivity index (χ1v) is 9.70. The number of aryl methyl sites for hydroxylation is 2. The van der Waals surface area contributed by atoms with Gasteiger partial charge in [-0.25, -0.2) is 0 Å². The number of carbonyl (C=O) groups is 1. The summed E-state index contributed by atoms with van der Waals surface area (Å²) in [7, 11) is 0. The Hall–Kier alpha value is -2.11. The van der Waals surface area contributed by atoms with E-state index in [0.717, 1.165) is 13.0 Å². The first kappa shape index (κ1) is 16.4. The molecule has 2 N–H and O–H groups in total. The SMILES string of the molecule is Cc1ccc2c(ccn2CCC(=O)NCC2NCCc3sccc32)c1. The van der Waals surface area contributed by atoms with Crippen molar-refractivity contribution >= 4 is 28.1 Å². The highest BCUT2D eigenvalue weighted by Gasteiger charge is 2.20. The molecular weight excluding hydrogens is 330 g/mol. The van der Waals surface area contributed by atoms with Crippen LogP contribution in [-0.4, -0.2) is 23.6 Å². The smallest absolute Gasteiger partial charge is 0.221 e. The summed E-state index contributed by atoms with van der Waals surface area (Å²) in [6, 6.07) is 11.0. The van der Waals surface area contributed by atoms with Gasteiger partial charge in [-0.3, -0.25) is 4.79 Å². The van der Waals surface area contributed by atoms with Gasteiger partial charge >= 0.3 is 0 Å². The lowest BCUT2D eigenvalue weighted by Crippen LogP contribution is -2.38. The molecule has 1 aliphatic rings. The molecule has 1 unspecified atom stereocenters. The number of amides is 1. The van der Waals surface area contributed by atoms with Crippen molar-refractivity contribution in [3.63, 3.8) is 0 Å². The second-order valence-electron chi connectivity index (χ2n) is 6.68. The van der Waals surface area contributed by atoms with Crippen LogP contribution in [0.3, 0.4) is 0 Å². The van der Waals surface area contributed by atoms with Crippen molar-refractivity contribution in [2.45, 2.75) is 32.4 Å². The Morgan fingerprint density at radius 1 is 1.36 bits per heavy atom. The number of nitrogens with zero attached hydrogens (tertiary/aromatic N) is 1. The van der Waals surface area contributed by atoms with Crippen molar-refractivity contribution in [1.82, 2.24) is 15.2 Å². The Labute approximate surface area is 151 Å². The van der Waals surface area contributed by atoms with Crippen molar-refractivity contribution in [1.29, 1.82) is 0 Å². The van der Waals surface area contributed by atoms with Gasteiger partial charge in [-0.2, -0.15) is 0 Å². The summed E-state index contributed by atoms with van der Waals surface area (Å²) in [5, 5.41) is 9.97. The lowest BCUT2D eigenvalue weighted by Gasteiger charge is -2.24. The van der Waals surface area contributed by atoms with Crippen LogP contribution in [0.5, 0.6) is 0 Å². The lowest BCUT2D eigenvalue weighted by molar-refractivity contribution is -0.121. The zero-order chi connectivity index (χ0) is 17.2. The van der Waals surface area contributed by atoms with Gasteiger partial charge in [0.05, 0.1) is 6.04 Å². The fraction of sp³-hybridized carbons (Fsp3) is 0.350. The molecule has 0 fully saturated rings. The van der Waals surface area contributed by atoms with Crippen molar-refractivity contribution in [3.05, 3.63) is 57.9 Å². The summed E-state index contributed by atoms with van der Waals surface area (Å²) in [5.74, 6) is 0.109. The number of rotatable bonds is 5. The van der Waals surface area contributed by atoms with E-state index >= 15 is 0 Å². The molecule has 0 spiro atoms. The van der Waals surface area contributed by atoms with Crippen LogP contribution in [0.2, 0.25) is 0 Å². The number of carbonyl (C=O) groups excluding carboxylic acids is 1. The maximum atomic E-state index is 12.3. The molecule has 1 atom stereocenters. The first-order valence-electron chi connectivity index (χ1n) is 8.82. The molecule has 5 heteroatoms. The highest BCUT2D eigenvalue weighted by atomic mass is 32.1. The van der Waals surface area contributed by atoms with E-state index in [0.29, 0.717) is 19.5 Å². The number of hydrogen-bond donors (Lipinski definition) is 2. The van der Waals surface area contributed by atoms with Crippen LogP contribution in [0.1, 0.15) is 28.5 Å². The van der Waals surface area contributed by atoms with Crippen LogP contribution < -0.4 is 10.6 Å². The van der Waals surface area contributed by atoms with Gasteiger partial charge in [-0.05, 0) is 53.9 Å². The Balaban J connectivity index is 1.32. The Kier molecular flexibility index (Phi) is 4.59. The molecule has 130 valence electrons. The number of nitrogens with one attached hydrogen (secondary N) is 2. The average Bonchev–Trinajstić information content (AvgIpc) is 3.24. The largest absolute Gasteiger partial charge is 0.354 e. The van der Waals surface area contributed by atoms with Crippen LogP contribution in [0.4, 0.5) is 0 Å². The van der Waals surface area contributed by atoms with Gasteiger partial charge in [-0.1, -0.05) is 11.6 Å². The maximum Gasteiger partial charge on any atom is 0.221 e. The van der Waals surface area contributed by atoms with Crippen molar-refractivity contribution in [3.8, 4) is 0 Å². The van der Waals surface area contributed by atoms with Crippen LogP contribution in [0.15, 0.2) is 41.9 Å². The summed E-state index contributed by atoms with van der Waals surface area (Å²) in [6.07, 6.45) is 3.66. The lowest BCUT2D eigenvalue weighted by atomic mass is 10.0. The number of fused-ring (bicyclic) bond motifs is 2. The topological polar surface area (TPSA) is 46.1 Å². The molecule has 0 saturated carbocycles. The van der Waals surface area contributed by atoms with E-state index in [1.54, 1.807) is 0 Å². The predicted molar refractivity (Wildman–Crippen MR) is 103 cm³/mol. The molecule has 1 amide bonds. The van der Waals surface area contributed by atoms with Crippen LogP contribution in [0, 0.1) is 6.92 Å². The second kappa shape index (κ2) is 7.02. The molecule has 25 heavy (non-hydrogen) atoms. The van der Waals surface area contributed by atoms with E-state index < -0.39 is 0 Å². The van der Waals surface area contributed by atoms with Crippen molar-refractivity contribution < 1.29 is 4.79 Å². The zero-order valence-electron chi connectivity index (χ0n) is 14.4. The van der Waals surface area contributed by atoms with E-state index in [-0.39, 0.29) is 11.9 Å². The minimum absolute atomic E-state index is 0.109. The molecule has 0 aliphatic carbocycles. The van der Waals surface area contributed by atoms with Gasteiger partial charge in [0.2, 0.25) is 5.91 Å². The summed E-state index contributed by atoms with van der Waals surface area (Å²) >= 11 is 1.82. The average molecular weight is 353 g/mol. The minimum atomic E-state index is 0.109. The molecule has 0 radical (unpaired) electrons. The number of hydrogen-bond acceptors (Lipinski definition) is 3. The Morgan fingerprint density at radius 3 is 3.20 bits per heavy atom. The molecule has 4 nitrogen and oxygen atoms in total. The van der Waals surface area contributed by atoms with Crippen LogP contribution >= 0.6 is 11.3 Å². The van der Waals surface area contributed by atoms with Crippen molar-refractivity contribution in [2.75, 3.05) is 13.1 Å². The van der Waals surface area contributed by atoms with Gasteiger partial charge in [0.1, 0.15) is 0 Å².